The normalized spacial score (nSPS) is 10.9. The first-order chi connectivity index (χ1) is 9.58. The number of hydrogen-bond donors (Lipinski definition) is 1. The number of hydrogen-bond acceptors (Lipinski definition) is 2. The van der Waals surface area contributed by atoms with Gasteiger partial charge in [-0.25, -0.2) is 13.6 Å². The standard InChI is InChI=1S/C15H8F2O2S/c16-9-6-10(17)13-11(7-9)20-14(15(18)19)12(13)8-4-2-1-3-5-8/h1-7H,(H,18,19). The minimum atomic E-state index is -1.15. The van der Waals surface area contributed by atoms with Gasteiger partial charge in [0.05, 0.1) is 0 Å². The van der Waals surface area contributed by atoms with Crippen LogP contribution >= 0.6 is 11.3 Å². The summed E-state index contributed by atoms with van der Waals surface area (Å²) in [4.78, 5) is 11.4. The summed E-state index contributed by atoms with van der Waals surface area (Å²) >= 11 is 0.876. The Balaban J connectivity index is 2.44. The number of carboxylic acids is 1. The molecular weight excluding hydrogens is 282 g/mol. The van der Waals surface area contributed by atoms with Gasteiger partial charge in [-0.15, -0.1) is 11.3 Å². The van der Waals surface area contributed by atoms with Crippen molar-refractivity contribution in [2.75, 3.05) is 0 Å². The van der Waals surface area contributed by atoms with Crippen LogP contribution < -0.4 is 0 Å². The lowest BCUT2D eigenvalue weighted by Crippen LogP contribution is -1.95. The Morgan fingerprint density at radius 3 is 2.45 bits per heavy atom. The van der Waals surface area contributed by atoms with Crippen LogP contribution in [0.25, 0.3) is 21.2 Å². The van der Waals surface area contributed by atoms with E-state index in [0.29, 0.717) is 15.8 Å². The van der Waals surface area contributed by atoms with E-state index < -0.39 is 17.6 Å². The zero-order valence-corrected chi connectivity index (χ0v) is 10.9. The van der Waals surface area contributed by atoms with Gasteiger partial charge in [-0.05, 0) is 11.6 Å². The van der Waals surface area contributed by atoms with Crippen LogP contribution in [0.4, 0.5) is 8.78 Å². The average molecular weight is 290 g/mol. The summed E-state index contributed by atoms with van der Waals surface area (Å²) in [5.74, 6) is -2.61. The maximum atomic E-state index is 14.0. The Bertz CT molecular complexity index is 810. The minimum Gasteiger partial charge on any atom is -0.477 e. The SMILES string of the molecule is O=C(O)c1sc2cc(F)cc(F)c2c1-c1ccccc1. The molecule has 3 rings (SSSR count). The number of benzene rings is 2. The van der Waals surface area contributed by atoms with Gasteiger partial charge >= 0.3 is 5.97 Å². The maximum absolute atomic E-state index is 14.0. The van der Waals surface area contributed by atoms with Gasteiger partial charge in [-0.2, -0.15) is 0 Å². The summed E-state index contributed by atoms with van der Waals surface area (Å²) in [7, 11) is 0. The summed E-state index contributed by atoms with van der Waals surface area (Å²) in [6.45, 7) is 0. The summed E-state index contributed by atoms with van der Waals surface area (Å²) in [5.41, 5.74) is 0.900. The molecule has 20 heavy (non-hydrogen) atoms. The topological polar surface area (TPSA) is 37.3 Å². The molecule has 0 saturated heterocycles. The zero-order chi connectivity index (χ0) is 14.3. The van der Waals surface area contributed by atoms with Crippen molar-refractivity contribution in [2.45, 2.75) is 0 Å². The van der Waals surface area contributed by atoms with Crippen molar-refractivity contribution >= 4 is 27.4 Å². The van der Waals surface area contributed by atoms with Crippen molar-refractivity contribution in [2.24, 2.45) is 0 Å². The number of carbonyl (C=O) groups is 1. The average Bonchev–Trinajstić information content (AvgIpc) is 2.79. The maximum Gasteiger partial charge on any atom is 0.346 e. The Labute approximate surface area is 116 Å². The molecule has 1 aromatic heterocycles. The molecule has 0 atom stereocenters. The lowest BCUT2D eigenvalue weighted by molar-refractivity contribution is 0.0703. The van der Waals surface area contributed by atoms with Gasteiger partial charge in [0, 0.05) is 21.7 Å². The number of thiophene rings is 1. The largest absolute Gasteiger partial charge is 0.477 e. The van der Waals surface area contributed by atoms with Gasteiger partial charge in [0.1, 0.15) is 16.5 Å². The van der Waals surface area contributed by atoms with Crippen molar-refractivity contribution in [1.29, 1.82) is 0 Å². The molecule has 1 N–H and O–H groups in total. The molecule has 1 heterocycles. The first-order valence-electron chi connectivity index (χ1n) is 5.78. The second-order valence-electron chi connectivity index (χ2n) is 4.24. The first kappa shape index (κ1) is 12.7. The van der Waals surface area contributed by atoms with Gasteiger partial charge in [-0.3, -0.25) is 0 Å². The van der Waals surface area contributed by atoms with Crippen molar-refractivity contribution in [3.05, 3.63) is 59.0 Å². The monoisotopic (exact) mass is 290 g/mol. The van der Waals surface area contributed by atoms with Crippen LogP contribution in [-0.2, 0) is 0 Å². The van der Waals surface area contributed by atoms with Gasteiger partial charge < -0.3 is 5.11 Å². The molecule has 0 aliphatic carbocycles. The molecule has 0 amide bonds. The fourth-order valence-corrected chi connectivity index (χ4v) is 3.28. The summed E-state index contributed by atoms with van der Waals surface area (Å²) in [5, 5.41) is 9.44. The molecule has 0 aliphatic rings. The van der Waals surface area contributed by atoms with E-state index in [4.69, 9.17) is 0 Å². The highest BCUT2D eigenvalue weighted by molar-refractivity contribution is 7.21. The van der Waals surface area contributed by atoms with E-state index in [1.165, 1.54) is 0 Å². The van der Waals surface area contributed by atoms with Crippen molar-refractivity contribution < 1.29 is 18.7 Å². The summed E-state index contributed by atoms with van der Waals surface area (Å²) in [6.07, 6.45) is 0. The molecule has 0 radical (unpaired) electrons. The number of carboxylic acid groups (broad SMARTS) is 1. The van der Waals surface area contributed by atoms with E-state index in [-0.39, 0.29) is 10.3 Å². The Hall–Kier alpha value is -2.27. The van der Waals surface area contributed by atoms with Crippen molar-refractivity contribution in [3.63, 3.8) is 0 Å². The molecule has 2 aromatic carbocycles. The number of fused-ring (bicyclic) bond motifs is 1. The highest BCUT2D eigenvalue weighted by Crippen LogP contribution is 2.40. The molecule has 2 nitrogen and oxygen atoms in total. The third-order valence-corrected chi connectivity index (χ3v) is 4.09. The zero-order valence-electron chi connectivity index (χ0n) is 10.1. The smallest absolute Gasteiger partial charge is 0.346 e. The lowest BCUT2D eigenvalue weighted by atomic mass is 10.0. The summed E-state index contributed by atoms with van der Waals surface area (Å²) in [6, 6.07) is 10.6. The second-order valence-corrected chi connectivity index (χ2v) is 5.29. The third-order valence-electron chi connectivity index (χ3n) is 2.96. The van der Waals surface area contributed by atoms with Crippen LogP contribution in [-0.4, -0.2) is 11.1 Å². The molecule has 0 unspecified atom stereocenters. The minimum absolute atomic E-state index is 0.00991. The highest BCUT2D eigenvalue weighted by atomic mass is 32.1. The van der Waals surface area contributed by atoms with E-state index in [2.05, 4.69) is 0 Å². The fraction of sp³-hybridized carbons (Fsp3) is 0. The van der Waals surface area contributed by atoms with Crippen LogP contribution in [0.15, 0.2) is 42.5 Å². The van der Waals surface area contributed by atoms with Gasteiger partial charge in [0.25, 0.3) is 0 Å². The van der Waals surface area contributed by atoms with Gasteiger partial charge in [0.15, 0.2) is 0 Å². The molecule has 0 saturated carbocycles. The number of rotatable bonds is 2. The van der Waals surface area contributed by atoms with Crippen LogP contribution in [0.1, 0.15) is 9.67 Å². The third kappa shape index (κ3) is 1.96. The fourth-order valence-electron chi connectivity index (χ4n) is 2.18. The molecule has 0 bridgehead atoms. The predicted octanol–water partition coefficient (Wildman–Crippen LogP) is 4.54. The lowest BCUT2D eigenvalue weighted by Gasteiger charge is -2.03. The van der Waals surface area contributed by atoms with Gasteiger partial charge in [-0.1, -0.05) is 30.3 Å². The molecule has 100 valence electrons. The Kier molecular flexibility index (Phi) is 2.99. The Morgan fingerprint density at radius 1 is 1.10 bits per heavy atom. The number of aromatic carboxylic acids is 1. The van der Waals surface area contributed by atoms with Crippen molar-refractivity contribution in [3.8, 4) is 11.1 Å². The highest BCUT2D eigenvalue weighted by Gasteiger charge is 2.22. The van der Waals surface area contributed by atoms with Crippen LogP contribution in [0.3, 0.4) is 0 Å². The predicted molar refractivity (Wildman–Crippen MR) is 74.1 cm³/mol. The van der Waals surface area contributed by atoms with E-state index >= 15 is 0 Å². The molecule has 0 fully saturated rings. The Morgan fingerprint density at radius 2 is 1.80 bits per heavy atom. The molecule has 0 aliphatic heterocycles. The second kappa shape index (κ2) is 4.68. The quantitative estimate of drug-likeness (QED) is 0.752. The van der Waals surface area contributed by atoms with E-state index in [1.54, 1.807) is 30.3 Å². The molecular formula is C15H8F2O2S. The first-order valence-corrected chi connectivity index (χ1v) is 6.60. The molecule has 3 aromatic rings. The van der Waals surface area contributed by atoms with Crippen molar-refractivity contribution in [1.82, 2.24) is 0 Å². The summed E-state index contributed by atoms with van der Waals surface area (Å²) < 4.78 is 27.6. The number of halogens is 2. The van der Waals surface area contributed by atoms with Crippen LogP contribution in [0, 0.1) is 11.6 Å². The van der Waals surface area contributed by atoms with Crippen LogP contribution in [0.2, 0.25) is 0 Å². The van der Waals surface area contributed by atoms with Crippen LogP contribution in [0.5, 0.6) is 0 Å². The van der Waals surface area contributed by atoms with E-state index in [9.17, 15) is 18.7 Å². The molecule has 0 spiro atoms. The van der Waals surface area contributed by atoms with E-state index in [1.807, 2.05) is 0 Å². The van der Waals surface area contributed by atoms with Gasteiger partial charge in [0.2, 0.25) is 0 Å². The molecule has 5 heteroatoms. The van der Waals surface area contributed by atoms with E-state index in [0.717, 1.165) is 23.5 Å².